The maximum atomic E-state index is 4.09. The minimum atomic E-state index is 0.578. The molecule has 1 unspecified atom stereocenters. The SMILES string of the molecule is c1ccc2c(c1)CCC2NC1CCN(CCc2ccncc2)CC1. The Morgan fingerprint density at radius 2 is 1.79 bits per heavy atom. The zero-order valence-corrected chi connectivity index (χ0v) is 14.3. The molecule has 0 bridgehead atoms. The molecular weight excluding hydrogens is 294 g/mol. The number of hydrogen-bond acceptors (Lipinski definition) is 3. The highest BCUT2D eigenvalue weighted by Gasteiger charge is 2.26. The van der Waals surface area contributed by atoms with Crippen molar-refractivity contribution in [3.05, 3.63) is 65.5 Å². The molecule has 1 aromatic carbocycles. The van der Waals surface area contributed by atoms with Gasteiger partial charge >= 0.3 is 0 Å². The summed E-state index contributed by atoms with van der Waals surface area (Å²) in [5.41, 5.74) is 4.48. The molecule has 1 N–H and O–H groups in total. The molecule has 1 saturated heterocycles. The van der Waals surface area contributed by atoms with E-state index in [0.717, 1.165) is 6.42 Å². The van der Waals surface area contributed by atoms with E-state index >= 15 is 0 Å². The van der Waals surface area contributed by atoms with E-state index in [1.54, 1.807) is 5.56 Å². The van der Waals surface area contributed by atoms with Gasteiger partial charge in [-0.15, -0.1) is 0 Å². The number of likely N-dealkylation sites (tertiary alicyclic amines) is 1. The fourth-order valence-electron chi connectivity index (χ4n) is 4.17. The first kappa shape index (κ1) is 15.8. The van der Waals surface area contributed by atoms with Crippen LogP contribution in [0.3, 0.4) is 0 Å². The predicted molar refractivity (Wildman–Crippen MR) is 98.0 cm³/mol. The number of aromatic nitrogens is 1. The topological polar surface area (TPSA) is 28.2 Å². The number of piperidine rings is 1. The van der Waals surface area contributed by atoms with Gasteiger partial charge in [-0.2, -0.15) is 0 Å². The Bertz CT molecular complexity index is 647. The minimum absolute atomic E-state index is 0.578. The van der Waals surface area contributed by atoms with Gasteiger partial charge in [-0.3, -0.25) is 4.98 Å². The van der Waals surface area contributed by atoms with Gasteiger partial charge < -0.3 is 10.2 Å². The van der Waals surface area contributed by atoms with Crippen LogP contribution in [0.2, 0.25) is 0 Å². The summed E-state index contributed by atoms with van der Waals surface area (Å²) in [5, 5.41) is 3.93. The first-order chi connectivity index (χ1) is 11.9. The van der Waals surface area contributed by atoms with E-state index in [4.69, 9.17) is 0 Å². The molecule has 24 heavy (non-hydrogen) atoms. The van der Waals surface area contributed by atoms with E-state index < -0.39 is 0 Å². The third kappa shape index (κ3) is 3.68. The number of nitrogens with zero attached hydrogens (tertiary/aromatic N) is 2. The molecule has 126 valence electrons. The number of nitrogens with one attached hydrogen (secondary N) is 1. The molecule has 1 aliphatic heterocycles. The van der Waals surface area contributed by atoms with Crippen LogP contribution >= 0.6 is 0 Å². The molecule has 3 heteroatoms. The van der Waals surface area contributed by atoms with Crippen molar-refractivity contribution in [2.75, 3.05) is 19.6 Å². The molecule has 1 aliphatic carbocycles. The Morgan fingerprint density at radius 1 is 1.00 bits per heavy atom. The van der Waals surface area contributed by atoms with E-state index in [2.05, 4.69) is 51.6 Å². The average Bonchev–Trinajstić information content (AvgIpc) is 3.05. The molecule has 2 aromatic rings. The highest BCUT2D eigenvalue weighted by molar-refractivity contribution is 5.34. The summed E-state index contributed by atoms with van der Waals surface area (Å²) in [6, 6.07) is 14.5. The lowest BCUT2D eigenvalue weighted by Gasteiger charge is -2.34. The highest BCUT2D eigenvalue weighted by atomic mass is 15.1. The third-order valence-electron chi connectivity index (χ3n) is 5.62. The van der Waals surface area contributed by atoms with Gasteiger partial charge in [-0.1, -0.05) is 24.3 Å². The number of aryl methyl sites for hydroxylation is 1. The predicted octanol–water partition coefficient (Wildman–Crippen LogP) is 3.37. The third-order valence-corrected chi connectivity index (χ3v) is 5.62. The molecule has 0 saturated carbocycles. The van der Waals surface area contributed by atoms with Crippen LogP contribution in [0.4, 0.5) is 0 Å². The van der Waals surface area contributed by atoms with Crippen LogP contribution in [-0.2, 0) is 12.8 Å². The van der Waals surface area contributed by atoms with Crippen molar-refractivity contribution in [3.8, 4) is 0 Å². The molecule has 2 aliphatic rings. The van der Waals surface area contributed by atoms with Crippen LogP contribution in [0.5, 0.6) is 0 Å². The quantitative estimate of drug-likeness (QED) is 0.915. The number of benzene rings is 1. The van der Waals surface area contributed by atoms with Gasteiger partial charge in [-0.05, 0) is 74.0 Å². The highest BCUT2D eigenvalue weighted by Crippen LogP contribution is 2.31. The van der Waals surface area contributed by atoms with Crippen LogP contribution < -0.4 is 5.32 Å². The van der Waals surface area contributed by atoms with Crippen molar-refractivity contribution < 1.29 is 0 Å². The van der Waals surface area contributed by atoms with Gasteiger partial charge in [0, 0.05) is 31.0 Å². The van der Waals surface area contributed by atoms with Crippen molar-refractivity contribution >= 4 is 0 Å². The molecule has 2 heterocycles. The summed E-state index contributed by atoms with van der Waals surface area (Å²) >= 11 is 0. The van der Waals surface area contributed by atoms with Crippen LogP contribution in [0.1, 0.15) is 42.0 Å². The van der Waals surface area contributed by atoms with Crippen molar-refractivity contribution in [2.24, 2.45) is 0 Å². The van der Waals surface area contributed by atoms with Crippen molar-refractivity contribution in [1.82, 2.24) is 15.2 Å². The monoisotopic (exact) mass is 321 g/mol. The van der Waals surface area contributed by atoms with Gasteiger partial charge in [0.1, 0.15) is 0 Å². The number of hydrogen-bond donors (Lipinski definition) is 1. The second kappa shape index (κ2) is 7.45. The molecule has 0 amide bonds. The normalized spacial score (nSPS) is 21.8. The van der Waals surface area contributed by atoms with Crippen molar-refractivity contribution in [1.29, 1.82) is 0 Å². The molecular formula is C21H27N3. The zero-order valence-electron chi connectivity index (χ0n) is 14.3. The fraction of sp³-hybridized carbons (Fsp3) is 0.476. The summed E-state index contributed by atoms with van der Waals surface area (Å²) < 4.78 is 0. The average molecular weight is 321 g/mol. The van der Waals surface area contributed by atoms with Crippen LogP contribution in [0, 0.1) is 0 Å². The molecule has 1 aromatic heterocycles. The smallest absolute Gasteiger partial charge is 0.0328 e. The van der Waals surface area contributed by atoms with Crippen LogP contribution in [0.25, 0.3) is 0 Å². The summed E-state index contributed by atoms with van der Waals surface area (Å²) in [6.45, 7) is 3.61. The first-order valence-electron chi connectivity index (χ1n) is 9.33. The maximum Gasteiger partial charge on any atom is 0.0328 e. The van der Waals surface area contributed by atoms with E-state index in [1.165, 1.54) is 56.4 Å². The second-order valence-corrected chi connectivity index (χ2v) is 7.18. The van der Waals surface area contributed by atoms with Gasteiger partial charge in [0.2, 0.25) is 0 Å². The van der Waals surface area contributed by atoms with E-state index in [1.807, 2.05) is 12.4 Å². The van der Waals surface area contributed by atoms with Gasteiger partial charge in [0.05, 0.1) is 0 Å². The van der Waals surface area contributed by atoms with Crippen LogP contribution in [-0.4, -0.2) is 35.6 Å². The lowest BCUT2D eigenvalue weighted by atomic mass is 10.0. The first-order valence-corrected chi connectivity index (χ1v) is 9.33. The maximum absolute atomic E-state index is 4.09. The van der Waals surface area contributed by atoms with E-state index in [0.29, 0.717) is 12.1 Å². The lowest BCUT2D eigenvalue weighted by molar-refractivity contribution is 0.192. The summed E-state index contributed by atoms with van der Waals surface area (Å²) in [7, 11) is 0. The Morgan fingerprint density at radius 3 is 2.62 bits per heavy atom. The Kier molecular flexibility index (Phi) is 4.91. The number of rotatable bonds is 5. The summed E-state index contributed by atoms with van der Waals surface area (Å²) in [4.78, 5) is 6.71. The standard InChI is InChI=1S/C21H27N3/c1-2-4-20-18(3-1)5-6-21(20)23-19-10-15-24(16-11-19)14-9-17-7-12-22-13-8-17/h1-4,7-8,12-13,19,21,23H,5-6,9-11,14-16H2. The van der Waals surface area contributed by atoms with Crippen LogP contribution in [0.15, 0.2) is 48.8 Å². The molecule has 0 spiro atoms. The molecule has 1 fully saturated rings. The summed E-state index contributed by atoms with van der Waals surface area (Å²) in [6.07, 6.45) is 9.97. The number of pyridine rings is 1. The van der Waals surface area contributed by atoms with Gasteiger partial charge in [0.15, 0.2) is 0 Å². The molecule has 4 rings (SSSR count). The minimum Gasteiger partial charge on any atom is -0.307 e. The fourth-order valence-corrected chi connectivity index (χ4v) is 4.17. The largest absolute Gasteiger partial charge is 0.307 e. The number of fused-ring (bicyclic) bond motifs is 1. The van der Waals surface area contributed by atoms with E-state index in [9.17, 15) is 0 Å². The molecule has 1 atom stereocenters. The van der Waals surface area contributed by atoms with Gasteiger partial charge in [-0.25, -0.2) is 0 Å². The Labute approximate surface area is 145 Å². The van der Waals surface area contributed by atoms with Gasteiger partial charge in [0.25, 0.3) is 0 Å². The lowest BCUT2D eigenvalue weighted by Crippen LogP contribution is -2.43. The Balaban J connectivity index is 1.24. The van der Waals surface area contributed by atoms with E-state index in [-0.39, 0.29) is 0 Å². The zero-order chi connectivity index (χ0) is 16.2. The van der Waals surface area contributed by atoms with Crippen molar-refractivity contribution in [3.63, 3.8) is 0 Å². The molecule has 0 radical (unpaired) electrons. The summed E-state index contributed by atoms with van der Waals surface area (Å²) in [5.74, 6) is 0. The van der Waals surface area contributed by atoms with Crippen molar-refractivity contribution in [2.45, 2.75) is 44.2 Å². The second-order valence-electron chi connectivity index (χ2n) is 7.18. The molecule has 3 nitrogen and oxygen atoms in total. The Hall–Kier alpha value is -1.71.